The lowest BCUT2D eigenvalue weighted by atomic mass is 9.87. The molecular formula is C31H41N5O4. The van der Waals surface area contributed by atoms with Gasteiger partial charge >= 0.3 is 0 Å². The van der Waals surface area contributed by atoms with Crippen molar-refractivity contribution in [3.8, 4) is 6.19 Å². The van der Waals surface area contributed by atoms with Crippen molar-refractivity contribution in [3.63, 3.8) is 0 Å². The van der Waals surface area contributed by atoms with Crippen LogP contribution >= 0.6 is 0 Å². The zero-order valence-corrected chi connectivity index (χ0v) is 24.2. The van der Waals surface area contributed by atoms with E-state index in [0.717, 1.165) is 37.7 Å². The van der Waals surface area contributed by atoms with E-state index in [4.69, 9.17) is 9.47 Å². The molecule has 2 unspecified atom stereocenters. The van der Waals surface area contributed by atoms with Gasteiger partial charge in [-0.25, -0.2) is 0 Å². The Balaban J connectivity index is 1.83. The van der Waals surface area contributed by atoms with Gasteiger partial charge < -0.3 is 14.8 Å². The second kappa shape index (κ2) is 12.8. The van der Waals surface area contributed by atoms with Crippen LogP contribution < -0.4 is 10.2 Å². The Hall–Kier alpha value is -3.48. The highest BCUT2D eigenvalue weighted by atomic mass is 16.5. The summed E-state index contributed by atoms with van der Waals surface area (Å²) in [5.41, 5.74) is 2.15. The van der Waals surface area contributed by atoms with Crippen LogP contribution in [0.15, 0.2) is 48.8 Å². The summed E-state index contributed by atoms with van der Waals surface area (Å²) >= 11 is 0. The lowest BCUT2D eigenvalue weighted by Crippen LogP contribution is -2.54. The summed E-state index contributed by atoms with van der Waals surface area (Å²) in [5, 5.41) is 13.2. The summed E-state index contributed by atoms with van der Waals surface area (Å²) in [6, 6.07) is 9.37. The Kier molecular flexibility index (Phi) is 9.44. The first-order chi connectivity index (χ1) is 19.2. The van der Waals surface area contributed by atoms with E-state index in [2.05, 4.69) is 37.3 Å². The van der Waals surface area contributed by atoms with E-state index < -0.39 is 30.2 Å². The van der Waals surface area contributed by atoms with E-state index in [1.807, 2.05) is 30.3 Å². The molecule has 1 aromatic heterocycles. The van der Waals surface area contributed by atoms with Gasteiger partial charge in [-0.05, 0) is 42.0 Å². The Labute approximate surface area is 237 Å². The summed E-state index contributed by atoms with van der Waals surface area (Å²) in [4.78, 5) is 35.9. The quantitative estimate of drug-likeness (QED) is 0.496. The number of rotatable bonds is 8. The Morgan fingerprint density at radius 3 is 2.35 bits per heavy atom. The number of amides is 2. The Bertz CT molecular complexity index is 1180. The van der Waals surface area contributed by atoms with Crippen molar-refractivity contribution < 1.29 is 19.1 Å². The molecule has 2 amide bonds. The first kappa shape index (κ1) is 29.5. The standard InChI is InChI=1S/C31H41N5O4/c1-31(2,3)22-13-15-24(16-14-22)36(30(38)27-28(40-5)25(39-4)19-35(27)20-32)26(21-10-9-17-33-18-21)29(37)34-23-11-7-6-8-12-23/h9-10,13-18,23,25-28H,6-8,11-12,19H2,1-5H3,(H,34,37)/t25-,26?,27?,28-/m1/s1. The summed E-state index contributed by atoms with van der Waals surface area (Å²) in [7, 11) is 3.05. The number of aromatic nitrogens is 1. The maximum Gasteiger partial charge on any atom is 0.254 e. The van der Waals surface area contributed by atoms with Gasteiger partial charge in [0.25, 0.3) is 5.91 Å². The van der Waals surface area contributed by atoms with Crippen LogP contribution in [0.5, 0.6) is 0 Å². The minimum Gasteiger partial charge on any atom is -0.377 e. The van der Waals surface area contributed by atoms with Crippen molar-refractivity contribution in [1.29, 1.82) is 5.26 Å². The number of carbonyl (C=O) groups excluding carboxylic acids is 2. The summed E-state index contributed by atoms with van der Waals surface area (Å²) in [6.07, 6.45) is 9.35. The van der Waals surface area contributed by atoms with Crippen molar-refractivity contribution in [2.24, 2.45) is 0 Å². The predicted molar refractivity (Wildman–Crippen MR) is 152 cm³/mol. The van der Waals surface area contributed by atoms with Crippen LogP contribution in [0.2, 0.25) is 0 Å². The second-order valence-corrected chi connectivity index (χ2v) is 11.7. The number of hydrogen-bond acceptors (Lipinski definition) is 7. The molecule has 4 rings (SSSR count). The van der Waals surface area contributed by atoms with Gasteiger partial charge in [-0.1, -0.05) is 58.2 Å². The zero-order chi connectivity index (χ0) is 28.9. The number of likely N-dealkylation sites (tertiary alicyclic amines) is 1. The van der Waals surface area contributed by atoms with Crippen LogP contribution in [-0.2, 0) is 24.5 Å². The van der Waals surface area contributed by atoms with E-state index in [1.54, 1.807) is 18.5 Å². The van der Waals surface area contributed by atoms with Crippen molar-refractivity contribution in [1.82, 2.24) is 15.2 Å². The molecule has 1 aliphatic heterocycles. The first-order valence-corrected chi connectivity index (χ1v) is 14.1. The van der Waals surface area contributed by atoms with E-state index in [0.29, 0.717) is 11.3 Å². The van der Waals surface area contributed by atoms with Crippen LogP contribution in [0.1, 0.15) is 70.0 Å². The zero-order valence-electron chi connectivity index (χ0n) is 24.2. The van der Waals surface area contributed by atoms with Gasteiger partial charge in [0.2, 0.25) is 5.91 Å². The van der Waals surface area contributed by atoms with Crippen LogP contribution in [0.25, 0.3) is 0 Å². The molecule has 1 saturated carbocycles. The highest BCUT2D eigenvalue weighted by Crippen LogP contribution is 2.34. The number of benzene rings is 1. The number of pyridine rings is 1. The third-order valence-corrected chi connectivity index (χ3v) is 8.05. The highest BCUT2D eigenvalue weighted by molar-refractivity contribution is 6.04. The van der Waals surface area contributed by atoms with Gasteiger partial charge in [0.05, 0.1) is 6.54 Å². The lowest BCUT2D eigenvalue weighted by Gasteiger charge is -2.36. The number of anilines is 1. The number of ether oxygens (including phenoxy) is 2. The smallest absolute Gasteiger partial charge is 0.254 e. The normalized spacial score (nSPS) is 22.4. The molecule has 0 bridgehead atoms. The average molecular weight is 548 g/mol. The van der Waals surface area contributed by atoms with E-state index in [1.165, 1.54) is 24.0 Å². The largest absolute Gasteiger partial charge is 0.377 e. The molecule has 1 saturated heterocycles. The average Bonchev–Trinajstić information content (AvgIpc) is 3.34. The van der Waals surface area contributed by atoms with Gasteiger partial charge in [-0.15, -0.1) is 0 Å². The molecule has 1 N–H and O–H groups in total. The molecule has 1 aromatic carbocycles. The summed E-state index contributed by atoms with van der Waals surface area (Å²) < 4.78 is 11.3. The molecule has 40 heavy (non-hydrogen) atoms. The van der Waals surface area contributed by atoms with Gasteiger partial charge in [0, 0.05) is 43.9 Å². The van der Waals surface area contributed by atoms with Gasteiger partial charge in [-0.3, -0.25) is 24.4 Å². The maximum absolute atomic E-state index is 14.6. The van der Waals surface area contributed by atoms with Crippen molar-refractivity contribution >= 4 is 17.5 Å². The van der Waals surface area contributed by atoms with Gasteiger partial charge in [0.15, 0.2) is 6.19 Å². The molecular weight excluding hydrogens is 506 g/mol. The van der Waals surface area contributed by atoms with E-state index in [9.17, 15) is 14.9 Å². The SMILES string of the molecule is CO[C@@H]1CN(C#N)C(C(=O)N(c2ccc(C(C)(C)C)cc2)C(C(=O)NC2CCCCC2)c2cccnc2)[C@@H]1OC. The van der Waals surface area contributed by atoms with E-state index >= 15 is 0 Å². The number of methoxy groups -OCH3 is 2. The molecule has 9 heteroatoms. The molecule has 214 valence electrons. The topological polar surface area (TPSA) is 108 Å². The third-order valence-electron chi connectivity index (χ3n) is 8.05. The van der Waals surface area contributed by atoms with Crippen molar-refractivity contribution in [3.05, 3.63) is 59.9 Å². The molecule has 9 nitrogen and oxygen atoms in total. The number of nitriles is 1. The van der Waals surface area contributed by atoms with Crippen LogP contribution in [0, 0.1) is 11.5 Å². The lowest BCUT2D eigenvalue weighted by molar-refractivity contribution is -0.131. The first-order valence-electron chi connectivity index (χ1n) is 14.1. The molecule has 0 radical (unpaired) electrons. The summed E-state index contributed by atoms with van der Waals surface area (Å²) in [5.74, 6) is -0.684. The number of hydrogen-bond donors (Lipinski definition) is 1. The van der Waals surface area contributed by atoms with E-state index in [-0.39, 0.29) is 23.9 Å². The van der Waals surface area contributed by atoms with Gasteiger partial charge in [-0.2, -0.15) is 5.26 Å². The third kappa shape index (κ3) is 6.29. The molecule has 4 atom stereocenters. The molecule has 2 heterocycles. The minimum absolute atomic E-state index is 0.0484. The van der Waals surface area contributed by atoms with Gasteiger partial charge in [0.1, 0.15) is 24.3 Å². The minimum atomic E-state index is -0.997. The predicted octanol–water partition coefficient (Wildman–Crippen LogP) is 4.10. The van der Waals surface area contributed by atoms with Crippen LogP contribution in [-0.4, -0.2) is 66.8 Å². The number of carbonyl (C=O) groups is 2. The van der Waals surface area contributed by atoms with Crippen molar-refractivity contribution in [2.45, 2.75) is 88.6 Å². The highest BCUT2D eigenvalue weighted by Gasteiger charge is 2.50. The fourth-order valence-electron chi connectivity index (χ4n) is 5.81. The second-order valence-electron chi connectivity index (χ2n) is 11.7. The molecule has 2 aromatic rings. The Morgan fingerprint density at radius 2 is 1.80 bits per heavy atom. The fourth-order valence-corrected chi connectivity index (χ4v) is 5.81. The Morgan fingerprint density at radius 1 is 1.10 bits per heavy atom. The molecule has 1 aliphatic carbocycles. The summed E-state index contributed by atoms with van der Waals surface area (Å²) in [6.45, 7) is 6.58. The van der Waals surface area contributed by atoms with Crippen LogP contribution in [0.3, 0.4) is 0 Å². The van der Waals surface area contributed by atoms with Crippen LogP contribution in [0.4, 0.5) is 5.69 Å². The van der Waals surface area contributed by atoms with Crippen molar-refractivity contribution in [2.75, 3.05) is 25.7 Å². The molecule has 2 fully saturated rings. The number of nitrogens with zero attached hydrogens (tertiary/aromatic N) is 4. The monoisotopic (exact) mass is 547 g/mol. The maximum atomic E-state index is 14.6. The molecule has 0 spiro atoms. The fraction of sp³-hybridized carbons (Fsp3) is 0.548. The molecule has 2 aliphatic rings. The number of nitrogens with one attached hydrogen (secondary N) is 1.